The zero-order chi connectivity index (χ0) is 26.3. The molecule has 0 bridgehead atoms. The number of hydrogen-bond donors (Lipinski definition) is 2. The minimum absolute atomic E-state index is 0.324. The van der Waals surface area contributed by atoms with Crippen molar-refractivity contribution < 1.29 is 4.79 Å². The Hall–Kier alpha value is -4.34. The molecule has 3 rings (SSSR count). The number of piperazine rings is 1. The van der Waals surface area contributed by atoms with E-state index in [1.165, 1.54) is 6.20 Å². The summed E-state index contributed by atoms with van der Waals surface area (Å²) in [4.78, 5) is 27.9. The van der Waals surface area contributed by atoms with Gasteiger partial charge in [-0.2, -0.15) is 10.5 Å². The first-order valence-electron chi connectivity index (χ1n) is 11.6. The maximum atomic E-state index is 12.9. The minimum Gasteiger partial charge on any atom is -0.353 e. The average Bonchev–Trinajstić information content (AvgIpc) is 2.91. The van der Waals surface area contributed by atoms with Crippen molar-refractivity contribution in [2.24, 2.45) is 4.99 Å². The van der Waals surface area contributed by atoms with Gasteiger partial charge in [0.25, 0.3) is 5.91 Å². The molecule has 3 heterocycles. The van der Waals surface area contributed by atoms with E-state index in [1.54, 1.807) is 51.2 Å². The van der Waals surface area contributed by atoms with Crippen LogP contribution in [0, 0.1) is 22.7 Å². The van der Waals surface area contributed by atoms with Gasteiger partial charge in [-0.15, -0.1) is 0 Å². The van der Waals surface area contributed by atoms with E-state index in [2.05, 4.69) is 49.3 Å². The van der Waals surface area contributed by atoms with Gasteiger partial charge in [-0.1, -0.05) is 0 Å². The van der Waals surface area contributed by atoms with Crippen molar-refractivity contribution in [2.75, 3.05) is 31.1 Å². The molecule has 36 heavy (non-hydrogen) atoms. The number of carbonyl (C=O) groups is 1. The third-order valence-corrected chi connectivity index (χ3v) is 5.96. The Balaban J connectivity index is 1.89. The number of anilines is 1. The maximum absolute atomic E-state index is 12.9. The van der Waals surface area contributed by atoms with E-state index < -0.39 is 5.41 Å². The van der Waals surface area contributed by atoms with Crippen LogP contribution < -0.4 is 15.5 Å². The summed E-state index contributed by atoms with van der Waals surface area (Å²) < 4.78 is 0. The van der Waals surface area contributed by atoms with E-state index in [-0.39, 0.29) is 5.91 Å². The fraction of sp³-hybridized carbons (Fsp3) is 0.333. The van der Waals surface area contributed by atoms with Crippen molar-refractivity contribution in [2.45, 2.75) is 33.1 Å². The molecule has 0 aliphatic carbocycles. The van der Waals surface area contributed by atoms with Gasteiger partial charge in [0.2, 0.25) is 0 Å². The van der Waals surface area contributed by atoms with Gasteiger partial charge < -0.3 is 15.5 Å². The standard InChI is InChI=1S/C27H30N8O/c1-18(34-26(36)20-6-7-32-24(14-20)27(3,4)17-29)12-23(19(2)30-5)22-13-21(15-28)25(33-16-22)35-10-8-31-9-11-35/h6-7,12-14,16,31H,5,8-11H2,1-4H3,(H,34,36)/b18-12+,23-19+. The molecule has 9 nitrogen and oxygen atoms in total. The number of hydrogen-bond acceptors (Lipinski definition) is 8. The Morgan fingerprint density at radius 3 is 2.58 bits per heavy atom. The molecule has 1 amide bonds. The van der Waals surface area contributed by atoms with Crippen LogP contribution >= 0.6 is 0 Å². The molecule has 1 saturated heterocycles. The summed E-state index contributed by atoms with van der Waals surface area (Å²) in [5, 5.41) is 25.4. The lowest BCUT2D eigenvalue weighted by Crippen LogP contribution is -2.44. The van der Waals surface area contributed by atoms with Crippen LogP contribution in [0.3, 0.4) is 0 Å². The SMILES string of the molecule is C=N/C(C)=C(\C=C(/C)NC(=O)c1ccnc(C(C)(C)C#N)c1)c1cnc(N2CCNCC2)c(C#N)c1. The molecule has 1 aliphatic rings. The predicted octanol–water partition coefficient (Wildman–Crippen LogP) is 3.32. The number of amides is 1. The molecule has 0 atom stereocenters. The number of nitriles is 2. The average molecular weight is 483 g/mol. The van der Waals surface area contributed by atoms with Gasteiger partial charge in [0.05, 0.1) is 22.7 Å². The Kier molecular flexibility index (Phi) is 8.31. The highest BCUT2D eigenvalue weighted by atomic mass is 16.1. The van der Waals surface area contributed by atoms with Crippen molar-refractivity contribution in [1.82, 2.24) is 20.6 Å². The van der Waals surface area contributed by atoms with Gasteiger partial charge in [0.1, 0.15) is 11.9 Å². The second kappa shape index (κ2) is 11.4. The van der Waals surface area contributed by atoms with Crippen LogP contribution in [0.1, 0.15) is 54.9 Å². The minimum atomic E-state index is -0.813. The first-order chi connectivity index (χ1) is 17.2. The van der Waals surface area contributed by atoms with Crippen LogP contribution in [0.4, 0.5) is 5.82 Å². The number of nitrogens with zero attached hydrogens (tertiary/aromatic N) is 6. The summed E-state index contributed by atoms with van der Waals surface area (Å²) in [6.45, 7) is 14.0. The van der Waals surface area contributed by atoms with Gasteiger partial charge in [-0.3, -0.25) is 14.8 Å². The van der Waals surface area contributed by atoms with Crippen molar-refractivity contribution in [3.8, 4) is 12.1 Å². The van der Waals surface area contributed by atoms with E-state index in [0.717, 1.165) is 26.2 Å². The Labute approximate surface area is 211 Å². The van der Waals surface area contributed by atoms with Crippen LogP contribution in [0.25, 0.3) is 5.57 Å². The Morgan fingerprint density at radius 2 is 1.94 bits per heavy atom. The van der Waals surface area contributed by atoms with Crippen molar-refractivity contribution in [3.63, 3.8) is 0 Å². The number of carbonyl (C=O) groups excluding carboxylic acids is 1. The zero-order valence-corrected chi connectivity index (χ0v) is 21.1. The lowest BCUT2D eigenvalue weighted by molar-refractivity contribution is 0.0965. The van der Waals surface area contributed by atoms with Gasteiger partial charge in [0.15, 0.2) is 0 Å². The quantitative estimate of drug-likeness (QED) is 0.457. The third kappa shape index (κ3) is 6.01. The molecule has 0 saturated carbocycles. The topological polar surface area (TPSA) is 130 Å². The highest BCUT2D eigenvalue weighted by Crippen LogP contribution is 2.27. The molecule has 0 radical (unpaired) electrons. The number of rotatable bonds is 7. The molecule has 0 spiro atoms. The maximum Gasteiger partial charge on any atom is 0.255 e. The number of nitrogens with one attached hydrogen (secondary N) is 2. The largest absolute Gasteiger partial charge is 0.353 e. The zero-order valence-electron chi connectivity index (χ0n) is 21.1. The third-order valence-electron chi connectivity index (χ3n) is 5.96. The first-order valence-corrected chi connectivity index (χ1v) is 11.6. The van der Waals surface area contributed by atoms with E-state index in [0.29, 0.717) is 45.2 Å². The van der Waals surface area contributed by atoms with Gasteiger partial charge in [-0.05, 0) is 58.7 Å². The number of allylic oxidation sites excluding steroid dienone is 4. The highest BCUT2D eigenvalue weighted by Gasteiger charge is 2.23. The van der Waals surface area contributed by atoms with Gasteiger partial charge in [-0.25, -0.2) is 4.98 Å². The summed E-state index contributed by atoms with van der Waals surface area (Å²) in [6.07, 6.45) is 5.02. The summed E-state index contributed by atoms with van der Waals surface area (Å²) in [6, 6.07) is 9.48. The Morgan fingerprint density at radius 1 is 1.22 bits per heavy atom. The Bertz CT molecular complexity index is 1300. The van der Waals surface area contributed by atoms with E-state index in [9.17, 15) is 15.3 Å². The molecule has 1 fully saturated rings. The van der Waals surface area contributed by atoms with Crippen LogP contribution in [0.2, 0.25) is 0 Å². The van der Waals surface area contributed by atoms with Crippen molar-refractivity contribution in [1.29, 1.82) is 10.5 Å². The summed E-state index contributed by atoms with van der Waals surface area (Å²) in [5.74, 6) is 0.337. The first kappa shape index (κ1) is 26.3. The summed E-state index contributed by atoms with van der Waals surface area (Å²) in [7, 11) is 0. The molecule has 2 aromatic heterocycles. The molecular formula is C27H30N8O. The molecular weight excluding hydrogens is 452 g/mol. The second-order valence-electron chi connectivity index (χ2n) is 9.05. The predicted molar refractivity (Wildman–Crippen MR) is 140 cm³/mol. The van der Waals surface area contributed by atoms with Crippen LogP contribution in [0.15, 0.2) is 53.1 Å². The van der Waals surface area contributed by atoms with Crippen molar-refractivity contribution >= 4 is 24.0 Å². The molecule has 2 N–H and O–H groups in total. The lowest BCUT2D eigenvalue weighted by atomic mass is 9.90. The fourth-order valence-corrected chi connectivity index (χ4v) is 3.77. The van der Waals surface area contributed by atoms with E-state index in [4.69, 9.17) is 0 Å². The van der Waals surface area contributed by atoms with E-state index >= 15 is 0 Å². The highest BCUT2D eigenvalue weighted by molar-refractivity contribution is 5.95. The molecule has 0 aromatic carbocycles. The summed E-state index contributed by atoms with van der Waals surface area (Å²) >= 11 is 0. The van der Waals surface area contributed by atoms with Crippen LogP contribution in [-0.2, 0) is 5.41 Å². The second-order valence-corrected chi connectivity index (χ2v) is 9.05. The van der Waals surface area contributed by atoms with E-state index in [1.807, 2.05) is 6.92 Å². The number of aliphatic imine (C=N–C) groups is 1. The van der Waals surface area contributed by atoms with Crippen LogP contribution in [-0.4, -0.2) is 48.8 Å². The smallest absolute Gasteiger partial charge is 0.255 e. The lowest BCUT2D eigenvalue weighted by Gasteiger charge is -2.29. The van der Waals surface area contributed by atoms with Gasteiger partial charge in [0, 0.05) is 66.7 Å². The number of aromatic nitrogens is 2. The molecule has 9 heteroatoms. The van der Waals surface area contributed by atoms with Gasteiger partial charge >= 0.3 is 0 Å². The number of pyridine rings is 2. The normalized spacial score (nSPS) is 14.8. The molecule has 1 aliphatic heterocycles. The molecule has 184 valence electrons. The molecule has 0 unspecified atom stereocenters. The fourth-order valence-electron chi connectivity index (χ4n) is 3.77. The van der Waals surface area contributed by atoms with Crippen LogP contribution in [0.5, 0.6) is 0 Å². The monoisotopic (exact) mass is 482 g/mol. The molecule has 2 aromatic rings. The van der Waals surface area contributed by atoms with Crippen molar-refractivity contribution in [3.05, 3.63) is 70.4 Å². The summed E-state index contributed by atoms with van der Waals surface area (Å²) in [5.41, 5.74) is 3.17.